The molecule has 17 heavy (non-hydrogen) atoms. The summed E-state index contributed by atoms with van der Waals surface area (Å²) in [5.74, 6) is 0.717. The van der Waals surface area contributed by atoms with Crippen LogP contribution in [-0.2, 0) is 9.53 Å². The van der Waals surface area contributed by atoms with Crippen LogP contribution in [-0.4, -0.2) is 31.7 Å². The molecule has 0 aliphatic heterocycles. The minimum Gasteiger partial charge on any atom is -0.469 e. The Kier molecular flexibility index (Phi) is 5.41. The third-order valence-electron chi connectivity index (χ3n) is 2.42. The standard InChI is InChI=1S/C12H17BrN2O2/c1-9-7-10(13)12(14-8-9)15(2)6-4-5-11(16)17-3/h7-8H,4-6H2,1-3H3. The largest absolute Gasteiger partial charge is 0.469 e. The molecule has 0 spiro atoms. The number of nitrogens with zero attached hydrogens (tertiary/aromatic N) is 2. The first-order valence-corrected chi connectivity index (χ1v) is 6.24. The van der Waals surface area contributed by atoms with Crippen molar-refractivity contribution in [3.63, 3.8) is 0 Å². The number of methoxy groups -OCH3 is 1. The van der Waals surface area contributed by atoms with Crippen molar-refractivity contribution in [1.29, 1.82) is 0 Å². The number of esters is 1. The van der Waals surface area contributed by atoms with E-state index >= 15 is 0 Å². The molecule has 0 bridgehead atoms. The highest BCUT2D eigenvalue weighted by molar-refractivity contribution is 9.10. The molecule has 0 fully saturated rings. The first-order chi connectivity index (χ1) is 8.04. The Bertz CT molecular complexity index is 396. The third-order valence-corrected chi connectivity index (χ3v) is 3.01. The first kappa shape index (κ1) is 14.0. The lowest BCUT2D eigenvalue weighted by atomic mass is 10.3. The minimum atomic E-state index is -0.172. The summed E-state index contributed by atoms with van der Waals surface area (Å²) < 4.78 is 5.57. The van der Waals surface area contributed by atoms with Crippen LogP contribution < -0.4 is 4.90 Å². The zero-order chi connectivity index (χ0) is 12.8. The van der Waals surface area contributed by atoms with E-state index in [1.165, 1.54) is 7.11 Å². The summed E-state index contributed by atoms with van der Waals surface area (Å²) in [6.07, 6.45) is 3.02. The Labute approximate surface area is 110 Å². The third kappa shape index (κ3) is 4.34. The van der Waals surface area contributed by atoms with Crippen LogP contribution in [0.15, 0.2) is 16.7 Å². The maximum atomic E-state index is 11.0. The van der Waals surface area contributed by atoms with E-state index in [2.05, 4.69) is 25.7 Å². The fourth-order valence-corrected chi connectivity index (χ4v) is 2.24. The maximum absolute atomic E-state index is 11.0. The van der Waals surface area contributed by atoms with Crippen molar-refractivity contribution < 1.29 is 9.53 Å². The van der Waals surface area contributed by atoms with Gasteiger partial charge in [-0.3, -0.25) is 4.79 Å². The van der Waals surface area contributed by atoms with Crippen molar-refractivity contribution in [2.75, 3.05) is 25.6 Å². The second-order valence-corrected chi connectivity index (χ2v) is 4.77. The second kappa shape index (κ2) is 6.59. The fourth-order valence-electron chi connectivity index (χ4n) is 1.48. The zero-order valence-electron chi connectivity index (χ0n) is 10.4. The molecule has 1 rings (SSSR count). The quantitative estimate of drug-likeness (QED) is 0.784. The van der Waals surface area contributed by atoms with Crippen molar-refractivity contribution >= 4 is 27.7 Å². The topological polar surface area (TPSA) is 42.4 Å². The normalized spacial score (nSPS) is 10.1. The van der Waals surface area contributed by atoms with E-state index in [0.717, 1.165) is 28.8 Å². The lowest BCUT2D eigenvalue weighted by Crippen LogP contribution is -2.21. The van der Waals surface area contributed by atoms with Gasteiger partial charge in [-0.15, -0.1) is 0 Å². The summed E-state index contributed by atoms with van der Waals surface area (Å²) in [5.41, 5.74) is 1.11. The molecule has 0 radical (unpaired) electrons. The van der Waals surface area contributed by atoms with Gasteiger partial charge >= 0.3 is 5.97 Å². The summed E-state index contributed by atoms with van der Waals surface area (Å²) in [4.78, 5) is 17.4. The average molecular weight is 301 g/mol. The number of anilines is 1. The molecule has 0 aliphatic rings. The number of carbonyl (C=O) groups excluding carboxylic acids is 1. The molecule has 0 saturated carbocycles. The van der Waals surface area contributed by atoms with Gasteiger partial charge in [0.2, 0.25) is 0 Å². The van der Waals surface area contributed by atoms with Gasteiger partial charge in [-0.1, -0.05) is 0 Å². The maximum Gasteiger partial charge on any atom is 0.305 e. The Morgan fingerprint density at radius 2 is 2.29 bits per heavy atom. The lowest BCUT2D eigenvalue weighted by Gasteiger charge is -2.19. The molecule has 0 atom stereocenters. The molecule has 94 valence electrons. The van der Waals surface area contributed by atoms with Crippen molar-refractivity contribution in [1.82, 2.24) is 4.98 Å². The van der Waals surface area contributed by atoms with Crippen LogP contribution in [0.4, 0.5) is 5.82 Å². The van der Waals surface area contributed by atoms with Gasteiger partial charge in [0.1, 0.15) is 5.82 Å². The molecule has 5 heteroatoms. The average Bonchev–Trinajstić information content (AvgIpc) is 2.28. The van der Waals surface area contributed by atoms with Crippen LogP contribution in [0.1, 0.15) is 18.4 Å². The van der Waals surface area contributed by atoms with Gasteiger partial charge in [-0.05, 0) is 40.9 Å². The van der Waals surface area contributed by atoms with Gasteiger partial charge < -0.3 is 9.64 Å². The molecule has 0 amide bonds. The van der Waals surface area contributed by atoms with E-state index in [1.54, 1.807) is 0 Å². The molecule has 0 aromatic carbocycles. The highest BCUT2D eigenvalue weighted by Gasteiger charge is 2.08. The van der Waals surface area contributed by atoms with E-state index in [9.17, 15) is 4.79 Å². The Balaban J connectivity index is 2.52. The van der Waals surface area contributed by atoms with E-state index in [-0.39, 0.29) is 5.97 Å². The molecule has 0 saturated heterocycles. The molecule has 0 N–H and O–H groups in total. The first-order valence-electron chi connectivity index (χ1n) is 5.44. The number of hydrogen-bond acceptors (Lipinski definition) is 4. The van der Waals surface area contributed by atoms with Crippen molar-refractivity contribution in [2.24, 2.45) is 0 Å². The molecule has 1 aromatic rings. The van der Waals surface area contributed by atoms with E-state index in [1.807, 2.05) is 31.1 Å². The smallest absolute Gasteiger partial charge is 0.305 e. The summed E-state index contributed by atoms with van der Waals surface area (Å²) >= 11 is 3.49. The number of pyridine rings is 1. The van der Waals surface area contributed by atoms with E-state index in [0.29, 0.717) is 6.42 Å². The second-order valence-electron chi connectivity index (χ2n) is 3.92. The van der Waals surface area contributed by atoms with Crippen LogP contribution in [0.2, 0.25) is 0 Å². The van der Waals surface area contributed by atoms with E-state index in [4.69, 9.17) is 0 Å². The highest BCUT2D eigenvalue weighted by Crippen LogP contribution is 2.23. The molecule has 1 heterocycles. The zero-order valence-corrected chi connectivity index (χ0v) is 12.0. The predicted octanol–water partition coefficient (Wildman–Crippen LogP) is 2.54. The monoisotopic (exact) mass is 300 g/mol. The lowest BCUT2D eigenvalue weighted by molar-refractivity contribution is -0.140. The Hall–Kier alpha value is -1.10. The number of aryl methyl sites for hydroxylation is 1. The van der Waals surface area contributed by atoms with Crippen LogP contribution in [0.3, 0.4) is 0 Å². The van der Waals surface area contributed by atoms with Gasteiger partial charge in [0.15, 0.2) is 0 Å². The number of carbonyl (C=O) groups is 1. The van der Waals surface area contributed by atoms with Crippen LogP contribution in [0.25, 0.3) is 0 Å². The fraction of sp³-hybridized carbons (Fsp3) is 0.500. The number of rotatable bonds is 5. The molecular formula is C12H17BrN2O2. The van der Waals surface area contributed by atoms with Gasteiger partial charge in [0.05, 0.1) is 11.6 Å². The number of halogens is 1. The van der Waals surface area contributed by atoms with Gasteiger partial charge in [-0.2, -0.15) is 0 Å². The number of hydrogen-bond donors (Lipinski definition) is 0. The van der Waals surface area contributed by atoms with Crippen LogP contribution in [0.5, 0.6) is 0 Å². The molecule has 0 aliphatic carbocycles. The summed E-state index contributed by atoms with van der Waals surface area (Å²) in [5, 5.41) is 0. The molecule has 0 unspecified atom stereocenters. The van der Waals surface area contributed by atoms with Crippen molar-refractivity contribution in [3.05, 3.63) is 22.3 Å². The molecular weight excluding hydrogens is 284 g/mol. The van der Waals surface area contributed by atoms with Crippen molar-refractivity contribution in [3.8, 4) is 0 Å². The highest BCUT2D eigenvalue weighted by atomic mass is 79.9. The van der Waals surface area contributed by atoms with Gasteiger partial charge in [-0.25, -0.2) is 4.98 Å². The van der Waals surface area contributed by atoms with E-state index < -0.39 is 0 Å². The number of aromatic nitrogens is 1. The minimum absolute atomic E-state index is 0.172. The van der Waals surface area contributed by atoms with Gasteiger partial charge in [0.25, 0.3) is 0 Å². The Morgan fingerprint density at radius 3 is 2.88 bits per heavy atom. The summed E-state index contributed by atoms with van der Waals surface area (Å²) in [7, 11) is 3.36. The summed E-state index contributed by atoms with van der Waals surface area (Å²) in [6.45, 7) is 2.77. The molecule has 1 aromatic heterocycles. The van der Waals surface area contributed by atoms with Crippen LogP contribution in [0, 0.1) is 6.92 Å². The van der Waals surface area contributed by atoms with Crippen molar-refractivity contribution in [2.45, 2.75) is 19.8 Å². The van der Waals surface area contributed by atoms with Gasteiger partial charge in [0, 0.05) is 26.2 Å². The number of ether oxygens (including phenoxy) is 1. The molecule has 4 nitrogen and oxygen atoms in total. The van der Waals surface area contributed by atoms with Crippen LogP contribution >= 0.6 is 15.9 Å². The summed E-state index contributed by atoms with van der Waals surface area (Å²) in [6, 6.07) is 2.03. The Morgan fingerprint density at radius 1 is 1.59 bits per heavy atom. The SMILES string of the molecule is COC(=O)CCCN(C)c1ncc(C)cc1Br. The predicted molar refractivity (Wildman–Crippen MR) is 71.2 cm³/mol.